The van der Waals surface area contributed by atoms with Crippen LogP contribution in [0.15, 0.2) is 0 Å². The molecule has 0 aromatic heterocycles. The molecule has 0 rings (SSSR count). The van der Waals surface area contributed by atoms with Gasteiger partial charge in [0.25, 0.3) is 0 Å². The standard InChI is InChI=1S/C12H21N3O4/c1-8(16)6-14-11(18)5-4-10(13-3)12(19)15-7-9(2)17/h10,13H,4-7H2,1-3H3,(H,14,18)(H,15,19). The summed E-state index contributed by atoms with van der Waals surface area (Å²) in [6, 6.07) is -0.539. The summed E-state index contributed by atoms with van der Waals surface area (Å²) in [5.41, 5.74) is 0. The molecule has 0 fully saturated rings. The Morgan fingerprint density at radius 1 is 0.947 bits per heavy atom. The number of nitrogens with one attached hydrogen (secondary N) is 3. The van der Waals surface area contributed by atoms with Crippen LogP contribution >= 0.6 is 0 Å². The van der Waals surface area contributed by atoms with E-state index < -0.39 is 6.04 Å². The molecule has 0 bridgehead atoms. The highest BCUT2D eigenvalue weighted by molar-refractivity contribution is 5.88. The molecule has 19 heavy (non-hydrogen) atoms. The first-order valence-electron chi connectivity index (χ1n) is 6.07. The number of hydrogen-bond donors (Lipinski definition) is 3. The van der Waals surface area contributed by atoms with E-state index in [1.165, 1.54) is 13.8 Å². The van der Waals surface area contributed by atoms with Crippen LogP contribution in [0.5, 0.6) is 0 Å². The Balaban J connectivity index is 4.04. The van der Waals surface area contributed by atoms with Crippen LogP contribution in [0.25, 0.3) is 0 Å². The number of hydrogen-bond acceptors (Lipinski definition) is 5. The molecule has 3 N–H and O–H groups in total. The highest BCUT2D eigenvalue weighted by Crippen LogP contribution is 1.97. The van der Waals surface area contributed by atoms with Gasteiger partial charge in [0.05, 0.1) is 19.1 Å². The summed E-state index contributed by atoms with van der Waals surface area (Å²) < 4.78 is 0. The summed E-state index contributed by atoms with van der Waals surface area (Å²) in [7, 11) is 1.60. The third kappa shape index (κ3) is 8.90. The lowest BCUT2D eigenvalue weighted by Crippen LogP contribution is -2.44. The lowest BCUT2D eigenvalue weighted by molar-refractivity contribution is -0.127. The predicted molar refractivity (Wildman–Crippen MR) is 69.5 cm³/mol. The maximum atomic E-state index is 11.6. The zero-order valence-electron chi connectivity index (χ0n) is 11.5. The molecule has 0 saturated carbocycles. The van der Waals surface area contributed by atoms with Crippen molar-refractivity contribution in [1.29, 1.82) is 0 Å². The molecule has 7 nitrogen and oxygen atoms in total. The lowest BCUT2D eigenvalue weighted by Gasteiger charge is -2.15. The van der Waals surface area contributed by atoms with Gasteiger partial charge in [-0.05, 0) is 27.3 Å². The van der Waals surface area contributed by atoms with Crippen molar-refractivity contribution in [3.8, 4) is 0 Å². The van der Waals surface area contributed by atoms with Gasteiger partial charge >= 0.3 is 0 Å². The first-order chi connectivity index (χ1) is 8.86. The predicted octanol–water partition coefficient (Wildman–Crippen LogP) is -1.23. The Kier molecular flexibility index (Phi) is 8.35. The average Bonchev–Trinajstić information content (AvgIpc) is 2.34. The lowest BCUT2D eigenvalue weighted by atomic mass is 10.1. The molecule has 0 aromatic rings. The van der Waals surface area contributed by atoms with E-state index in [9.17, 15) is 19.2 Å². The van der Waals surface area contributed by atoms with Gasteiger partial charge in [-0.3, -0.25) is 19.2 Å². The van der Waals surface area contributed by atoms with E-state index in [-0.39, 0.29) is 42.9 Å². The van der Waals surface area contributed by atoms with Crippen molar-refractivity contribution in [2.75, 3.05) is 20.1 Å². The maximum absolute atomic E-state index is 11.6. The number of likely N-dealkylation sites (N-methyl/N-ethyl adjacent to an activating group) is 1. The number of amides is 2. The largest absolute Gasteiger partial charge is 0.349 e. The van der Waals surface area contributed by atoms with E-state index in [0.29, 0.717) is 6.42 Å². The van der Waals surface area contributed by atoms with Gasteiger partial charge in [0.1, 0.15) is 11.6 Å². The van der Waals surface area contributed by atoms with Crippen LogP contribution in [-0.2, 0) is 19.2 Å². The molecule has 2 amide bonds. The number of rotatable bonds is 9. The monoisotopic (exact) mass is 271 g/mol. The molecule has 0 saturated heterocycles. The van der Waals surface area contributed by atoms with Crippen LogP contribution in [0.2, 0.25) is 0 Å². The van der Waals surface area contributed by atoms with Crippen molar-refractivity contribution in [2.24, 2.45) is 0 Å². The molecule has 0 aliphatic rings. The molecule has 7 heteroatoms. The average molecular weight is 271 g/mol. The number of Topliss-reactive ketones (excluding diaryl/α,β-unsaturated/α-hetero) is 2. The van der Waals surface area contributed by atoms with Crippen molar-refractivity contribution in [2.45, 2.75) is 32.7 Å². The molecule has 0 spiro atoms. The highest BCUT2D eigenvalue weighted by Gasteiger charge is 2.17. The summed E-state index contributed by atoms with van der Waals surface area (Å²) in [5, 5.41) is 7.69. The molecule has 0 aromatic carbocycles. The fraction of sp³-hybridized carbons (Fsp3) is 0.667. The fourth-order valence-electron chi connectivity index (χ4n) is 1.33. The van der Waals surface area contributed by atoms with Crippen molar-refractivity contribution in [3.63, 3.8) is 0 Å². The van der Waals surface area contributed by atoms with Crippen LogP contribution < -0.4 is 16.0 Å². The zero-order chi connectivity index (χ0) is 14.8. The quantitative estimate of drug-likeness (QED) is 0.487. The van der Waals surface area contributed by atoms with E-state index in [1.807, 2.05) is 0 Å². The minimum absolute atomic E-state index is 0.000410. The van der Waals surface area contributed by atoms with Crippen molar-refractivity contribution in [3.05, 3.63) is 0 Å². The van der Waals surface area contributed by atoms with Gasteiger partial charge in [0.2, 0.25) is 11.8 Å². The second kappa shape index (κ2) is 9.21. The van der Waals surface area contributed by atoms with Crippen LogP contribution in [0.3, 0.4) is 0 Å². The second-order valence-corrected chi connectivity index (χ2v) is 4.28. The van der Waals surface area contributed by atoms with Crippen LogP contribution in [-0.4, -0.2) is 49.6 Å². The first kappa shape index (κ1) is 17.2. The van der Waals surface area contributed by atoms with Crippen LogP contribution in [0, 0.1) is 0 Å². The third-order valence-electron chi connectivity index (χ3n) is 2.37. The molecule has 0 radical (unpaired) electrons. The number of carbonyl (C=O) groups is 4. The van der Waals surface area contributed by atoms with Gasteiger partial charge in [-0.15, -0.1) is 0 Å². The molecular formula is C12H21N3O4. The minimum atomic E-state index is -0.539. The van der Waals surface area contributed by atoms with E-state index >= 15 is 0 Å². The van der Waals surface area contributed by atoms with Crippen molar-refractivity contribution >= 4 is 23.4 Å². The van der Waals surface area contributed by atoms with Gasteiger partial charge in [-0.1, -0.05) is 0 Å². The highest BCUT2D eigenvalue weighted by atomic mass is 16.2. The van der Waals surface area contributed by atoms with Gasteiger partial charge in [-0.25, -0.2) is 0 Å². The summed E-state index contributed by atoms with van der Waals surface area (Å²) in [6.07, 6.45) is 0.427. The van der Waals surface area contributed by atoms with Crippen molar-refractivity contribution in [1.82, 2.24) is 16.0 Å². The van der Waals surface area contributed by atoms with E-state index in [2.05, 4.69) is 16.0 Å². The SMILES string of the molecule is CNC(CCC(=O)NCC(C)=O)C(=O)NCC(C)=O. The van der Waals surface area contributed by atoms with E-state index in [4.69, 9.17) is 0 Å². The van der Waals surface area contributed by atoms with Gasteiger partial charge in [0.15, 0.2) is 0 Å². The molecule has 0 heterocycles. The Morgan fingerprint density at radius 3 is 1.95 bits per heavy atom. The van der Waals surface area contributed by atoms with Crippen molar-refractivity contribution < 1.29 is 19.2 Å². The molecule has 108 valence electrons. The molecule has 0 aliphatic carbocycles. The summed E-state index contributed by atoms with van der Waals surface area (Å²) in [6.45, 7) is 2.74. The fourth-order valence-corrected chi connectivity index (χ4v) is 1.33. The summed E-state index contributed by atoms with van der Waals surface area (Å²) >= 11 is 0. The Hall–Kier alpha value is -1.76. The van der Waals surface area contributed by atoms with Crippen LogP contribution in [0.1, 0.15) is 26.7 Å². The first-order valence-corrected chi connectivity index (χ1v) is 6.07. The third-order valence-corrected chi connectivity index (χ3v) is 2.37. The maximum Gasteiger partial charge on any atom is 0.237 e. The zero-order valence-corrected chi connectivity index (χ0v) is 11.5. The van der Waals surface area contributed by atoms with Crippen LogP contribution in [0.4, 0.5) is 0 Å². The number of carbonyl (C=O) groups excluding carboxylic acids is 4. The molecular weight excluding hydrogens is 250 g/mol. The second-order valence-electron chi connectivity index (χ2n) is 4.28. The summed E-state index contributed by atoms with van der Waals surface area (Å²) in [4.78, 5) is 44.4. The van der Waals surface area contributed by atoms with Gasteiger partial charge in [-0.2, -0.15) is 0 Å². The number of ketones is 2. The Bertz CT molecular complexity index is 355. The normalized spacial score (nSPS) is 11.5. The van der Waals surface area contributed by atoms with E-state index in [1.54, 1.807) is 7.05 Å². The smallest absolute Gasteiger partial charge is 0.237 e. The van der Waals surface area contributed by atoms with Gasteiger partial charge < -0.3 is 16.0 Å². The minimum Gasteiger partial charge on any atom is -0.349 e. The molecule has 1 atom stereocenters. The van der Waals surface area contributed by atoms with Gasteiger partial charge in [0, 0.05) is 6.42 Å². The molecule has 1 unspecified atom stereocenters. The molecule has 0 aliphatic heterocycles. The summed E-state index contributed by atoms with van der Waals surface area (Å²) in [5.74, 6) is -0.869. The Labute approximate surface area is 112 Å². The topological polar surface area (TPSA) is 104 Å². The Morgan fingerprint density at radius 2 is 1.47 bits per heavy atom. The van der Waals surface area contributed by atoms with E-state index in [0.717, 1.165) is 0 Å².